The molecular weight excluding hydrogens is 294 g/mol. The number of carbonyl (C=O) groups excluding carboxylic acids is 1. The molecule has 5 heteroatoms. The van der Waals surface area contributed by atoms with Crippen LogP contribution in [0.2, 0.25) is 0 Å². The van der Waals surface area contributed by atoms with Gasteiger partial charge in [0.15, 0.2) is 0 Å². The van der Waals surface area contributed by atoms with Gasteiger partial charge in [-0.1, -0.05) is 31.0 Å². The zero-order valence-electron chi connectivity index (χ0n) is 12.7. The Morgan fingerprint density at radius 3 is 2.64 bits per heavy atom. The summed E-state index contributed by atoms with van der Waals surface area (Å²) in [4.78, 5) is 15.4. The number of pyridine rings is 1. The maximum atomic E-state index is 11.0. The van der Waals surface area contributed by atoms with Crippen molar-refractivity contribution in [2.75, 3.05) is 24.2 Å². The number of nitrogens with one attached hydrogen (secondary N) is 2. The molecule has 0 saturated heterocycles. The molecule has 0 aliphatic carbocycles. The van der Waals surface area contributed by atoms with Gasteiger partial charge in [0.25, 0.3) is 0 Å². The van der Waals surface area contributed by atoms with Crippen LogP contribution in [0.3, 0.4) is 0 Å². The smallest absolute Gasteiger partial charge is 0.229 e. The second-order valence-corrected chi connectivity index (χ2v) is 5.55. The van der Waals surface area contributed by atoms with E-state index in [1.807, 2.05) is 12.3 Å². The normalized spacial score (nSPS) is 10.6. The van der Waals surface area contributed by atoms with Crippen molar-refractivity contribution in [1.82, 2.24) is 10.3 Å². The summed E-state index contributed by atoms with van der Waals surface area (Å²) in [5.74, 6) is 0.275. The Morgan fingerprint density at radius 2 is 1.82 bits per heavy atom. The van der Waals surface area contributed by atoms with Crippen LogP contribution in [0.25, 0.3) is 10.9 Å². The van der Waals surface area contributed by atoms with Crippen molar-refractivity contribution < 1.29 is 4.79 Å². The first-order valence-corrected chi connectivity index (χ1v) is 8.39. The number of hydrogen-bond donors (Lipinski definition) is 3. The Hall–Kier alpha value is -1.75. The highest BCUT2D eigenvalue weighted by molar-refractivity contribution is 7.81. The molecule has 1 aromatic carbocycles. The third-order valence-electron chi connectivity index (χ3n) is 3.52. The molecule has 0 atom stereocenters. The van der Waals surface area contributed by atoms with E-state index >= 15 is 0 Å². The number of rotatable bonds is 9. The van der Waals surface area contributed by atoms with E-state index in [2.05, 4.69) is 52.5 Å². The van der Waals surface area contributed by atoms with E-state index in [4.69, 9.17) is 0 Å². The summed E-state index contributed by atoms with van der Waals surface area (Å²) in [6, 6.07) is 10.2. The topological polar surface area (TPSA) is 54.0 Å². The minimum Gasteiger partial charge on any atom is -0.383 e. The second kappa shape index (κ2) is 9.30. The standard InChI is InChI=1S/C17H23N3OS/c21-16(13-22)19-11-4-2-1-3-10-18-15-9-5-7-14-8-6-12-20-17(14)15/h5-9,12,18,22H,1-4,10-11,13H2,(H,19,21). The van der Waals surface area contributed by atoms with Crippen LogP contribution in [0.4, 0.5) is 5.69 Å². The fraction of sp³-hybridized carbons (Fsp3) is 0.412. The highest BCUT2D eigenvalue weighted by Crippen LogP contribution is 2.20. The molecule has 0 saturated carbocycles. The minimum absolute atomic E-state index is 0.00783. The lowest BCUT2D eigenvalue weighted by Crippen LogP contribution is -2.25. The number of thiol groups is 1. The van der Waals surface area contributed by atoms with Crippen molar-refractivity contribution in [2.24, 2.45) is 0 Å². The predicted octanol–water partition coefficient (Wildman–Crippen LogP) is 3.25. The first-order valence-electron chi connectivity index (χ1n) is 7.76. The molecular formula is C17H23N3OS. The van der Waals surface area contributed by atoms with Crippen LogP contribution in [0.15, 0.2) is 36.5 Å². The number of benzene rings is 1. The average Bonchev–Trinajstić information content (AvgIpc) is 2.57. The molecule has 22 heavy (non-hydrogen) atoms. The van der Waals surface area contributed by atoms with E-state index in [0.717, 1.165) is 55.4 Å². The number of amides is 1. The van der Waals surface area contributed by atoms with E-state index < -0.39 is 0 Å². The van der Waals surface area contributed by atoms with Crippen LogP contribution >= 0.6 is 12.6 Å². The summed E-state index contributed by atoms with van der Waals surface area (Å²) in [7, 11) is 0. The Kier molecular flexibility index (Phi) is 7.03. The largest absolute Gasteiger partial charge is 0.383 e. The third-order valence-corrected chi connectivity index (χ3v) is 3.80. The minimum atomic E-state index is 0.00783. The molecule has 1 heterocycles. The predicted molar refractivity (Wildman–Crippen MR) is 95.6 cm³/mol. The SMILES string of the molecule is O=C(CS)NCCCCCCNc1cccc2cccnc12. The molecule has 0 unspecified atom stereocenters. The van der Waals surface area contributed by atoms with Crippen molar-refractivity contribution in [3.05, 3.63) is 36.5 Å². The lowest BCUT2D eigenvalue weighted by atomic mass is 10.1. The monoisotopic (exact) mass is 317 g/mol. The fourth-order valence-corrected chi connectivity index (χ4v) is 2.47. The van der Waals surface area contributed by atoms with Gasteiger partial charge in [-0.15, -0.1) is 0 Å². The third kappa shape index (κ3) is 5.22. The fourth-order valence-electron chi connectivity index (χ4n) is 2.36. The molecule has 0 aliphatic rings. The molecule has 4 nitrogen and oxygen atoms in total. The lowest BCUT2D eigenvalue weighted by molar-refractivity contribution is -0.118. The first kappa shape index (κ1) is 16.6. The van der Waals surface area contributed by atoms with Crippen molar-refractivity contribution in [3.8, 4) is 0 Å². The zero-order chi connectivity index (χ0) is 15.6. The van der Waals surface area contributed by atoms with E-state index in [0.29, 0.717) is 0 Å². The molecule has 0 bridgehead atoms. The van der Waals surface area contributed by atoms with E-state index in [1.165, 1.54) is 0 Å². The van der Waals surface area contributed by atoms with Gasteiger partial charge < -0.3 is 10.6 Å². The molecule has 2 aromatic rings. The molecule has 2 N–H and O–H groups in total. The van der Waals surface area contributed by atoms with Gasteiger partial charge in [-0.2, -0.15) is 12.6 Å². The van der Waals surface area contributed by atoms with Crippen molar-refractivity contribution in [2.45, 2.75) is 25.7 Å². The number of anilines is 1. The Labute approximate surface area is 137 Å². The average molecular weight is 317 g/mol. The number of carbonyl (C=O) groups is 1. The number of nitrogens with zero attached hydrogens (tertiary/aromatic N) is 1. The molecule has 0 radical (unpaired) electrons. The number of aromatic nitrogens is 1. The molecule has 1 amide bonds. The van der Waals surface area contributed by atoms with Crippen LogP contribution < -0.4 is 10.6 Å². The summed E-state index contributed by atoms with van der Waals surface area (Å²) in [5, 5.41) is 7.45. The Balaban J connectivity index is 1.63. The summed E-state index contributed by atoms with van der Waals surface area (Å²) in [6.45, 7) is 1.69. The first-order chi connectivity index (χ1) is 10.8. The number of para-hydroxylation sites is 1. The second-order valence-electron chi connectivity index (χ2n) is 5.23. The van der Waals surface area contributed by atoms with Crippen LogP contribution in [-0.2, 0) is 4.79 Å². The van der Waals surface area contributed by atoms with Gasteiger partial charge in [0.05, 0.1) is 17.0 Å². The Morgan fingerprint density at radius 1 is 1.05 bits per heavy atom. The van der Waals surface area contributed by atoms with E-state index in [9.17, 15) is 4.79 Å². The van der Waals surface area contributed by atoms with Crippen molar-refractivity contribution >= 4 is 35.1 Å². The Bertz CT molecular complexity index is 598. The van der Waals surface area contributed by atoms with Crippen LogP contribution in [-0.4, -0.2) is 29.7 Å². The number of unbranched alkanes of at least 4 members (excludes halogenated alkanes) is 3. The van der Waals surface area contributed by atoms with Gasteiger partial charge in [-0.3, -0.25) is 9.78 Å². The molecule has 0 fully saturated rings. The highest BCUT2D eigenvalue weighted by atomic mass is 32.1. The van der Waals surface area contributed by atoms with Crippen molar-refractivity contribution in [3.63, 3.8) is 0 Å². The van der Waals surface area contributed by atoms with E-state index in [-0.39, 0.29) is 11.7 Å². The van der Waals surface area contributed by atoms with Gasteiger partial charge in [0.2, 0.25) is 5.91 Å². The summed E-state index contributed by atoms with van der Waals surface area (Å²) in [5.41, 5.74) is 2.12. The van der Waals surface area contributed by atoms with E-state index in [1.54, 1.807) is 0 Å². The maximum Gasteiger partial charge on any atom is 0.229 e. The number of fused-ring (bicyclic) bond motifs is 1. The van der Waals surface area contributed by atoms with Crippen LogP contribution in [0.1, 0.15) is 25.7 Å². The highest BCUT2D eigenvalue weighted by Gasteiger charge is 2.00. The number of hydrogen-bond acceptors (Lipinski definition) is 4. The van der Waals surface area contributed by atoms with Crippen LogP contribution in [0, 0.1) is 0 Å². The molecule has 2 rings (SSSR count). The van der Waals surface area contributed by atoms with Gasteiger partial charge in [-0.25, -0.2) is 0 Å². The zero-order valence-corrected chi connectivity index (χ0v) is 13.6. The van der Waals surface area contributed by atoms with Crippen LogP contribution in [0.5, 0.6) is 0 Å². The van der Waals surface area contributed by atoms with Crippen molar-refractivity contribution in [1.29, 1.82) is 0 Å². The quantitative estimate of drug-likeness (QED) is 0.491. The molecule has 1 aromatic heterocycles. The molecule has 0 spiro atoms. The summed E-state index contributed by atoms with van der Waals surface area (Å²) < 4.78 is 0. The van der Waals surface area contributed by atoms with Gasteiger partial charge in [0, 0.05) is 24.7 Å². The van der Waals surface area contributed by atoms with Gasteiger partial charge in [-0.05, 0) is 25.0 Å². The lowest BCUT2D eigenvalue weighted by Gasteiger charge is -2.09. The maximum absolute atomic E-state index is 11.0. The summed E-state index contributed by atoms with van der Waals surface area (Å²) >= 11 is 3.92. The molecule has 0 aliphatic heterocycles. The van der Waals surface area contributed by atoms with Gasteiger partial charge in [0.1, 0.15) is 0 Å². The summed E-state index contributed by atoms with van der Waals surface area (Å²) in [6.07, 6.45) is 6.25. The molecule has 118 valence electrons. The van der Waals surface area contributed by atoms with Gasteiger partial charge >= 0.3 is 0 Å².